The second kappa shape index (κ2) is 9.32. The first-order valence-corrected chi connectivity index (χ1v) is 9.56. The van der Waals surface area contributed by atoms with Crippen LogP contribution in [0.15, 0.2) is 54.6 Å². The van der Waals surface area contributed by atoms with Crippen LogP contribution in [-0.4, -0.2) is 53.9 Å². The summed E-state index contributed by atoms with van der Waals surface area (Å²) >= 11 is 0. The van der Waals surface area contributed by atoms with Gasteiger partial charge >= 0.3 is 0 Å². The van der Waals surface area contributed by atoms with Gasteiger partial charge in [0.05, 0.1) is 17.5 Å². The Morgan fingerprint density at radius 3 is 2.39 bits per heavy atom. The zero-order valence-electron chi connectivity index (χ0n) is 16.1. The molecule has 7 heteroatoms. The molecule has 1 fully saturated rings. The molecule has 2 aromatic carbocycles. The normalized spacial score (nSPS) is 15.2. The number of benzene rings is 2. The largest absolute Gasteiger partial charge is 0.376 e. The van der Waals surface area contributed by atoms with Gasteiger partial charge in [-0.15, -0.1) is 0 Å². The maximum atomic E-state index is 12.8. The molecule has 0 bridgehead atoms. The summed E-state index contributed by atoms with van der Waals surface area (Å²) in [7, 11) is 1.84. The summed E-state index contributed by atoms with van der Waals surface area (Å²) in [6.07, 6.45) is 2.42. The number of likely N-dealkylation sites (tertiary alicyclic amines) is 1. The van der Waals surface area contributed by atoms with Gasteiger partial charge in [-0.25, -0.2) is 0 Å². The van der Waals surface area contributed by atoms with Gasteiger partial charge in [-0.05, 0) is 43.6 Å². The van der Waals surface area contributed by atoms with E-state index in [0.717, 1.165) is 25.2 Å². The number of rotatable bonds is 8. The van der Waals surface area contributed by atoms with Gasteiger partial charge in [-0.1, -0.05) is 30.3 Å². The Bertz CT molecular complexity index is 789. The zero-order chi connectivity index (χ0) is 19.9. The number of non-ortho nitro benzene ring substituents is 1. The molecule has 1 aliphatic rings. The van der Waals surface area contributed by atoms with Crippen LogP contribution in [0.3, 0.4) is 0 Å². The summed E-state index contributed by atoms with van der Waals surface area (Å²) in [6, 6.07) is 16.2. The maximum Gasteiger partial charge on any atom is 0.269 e. The Morgan fingerprint density at radius 2 is 1.79 bits per heavy atom. The molecule has 1 N–H and O–H groups in total. The lowest BCUT2D eigenvalue weighted by atomic mass is 10.0. The molecule has 28 heavy (non-hydrogen) atoms. The topological polar surface area (TPSA) is 78.7 Å². The first-order valence-electron chi connectivity index (χ1n) is 9.56. The number of anilines is 1. The molecular weight excluding hydrogens is 356 g/mol. The van der Waals surface area contributed by atoms with Gasteiger partial charge < -0.3 is 15.1 Å². The van der Waals surface area contributed by atoms with E-state index in [1.807, 2.05) is 25.2 Å². The third-order valence-electron chi connectivity index (χ3n) is 5.20. The molecule has 0 radical (unpaired) electrons. The van der Waals surface area contributed by atoms with Crippen molar-refractivity contribution in [1.29, 1.82) is 0 Å². The van der Waals surface area contributed by atoms with E-state index in [0.29, 0.717) is 5.69 Å². The Hall–Kier alpha value is -2.93. The monoisotopic (exact) mass is 382 g/mol. The third-order valence-corrected chi connectivity index (χ3v) is 5.20. The predicted molar refractivity (Wildman–Crippen MR) is 109 cm³/mol. The summed E-state index contributed by atoms with van der Waals surface area (Å²) in [6.45, 7) is 3.11. The number of likely N-dealkylation sites (N-methyl/N-ethyl adjacent to an activating group) is 1. The summed E-state index contributed by atoms with van der Waals surface area (Å²) in [4.78, 5) is 27.3. The highest BCUT2D eigenvalue weighted by Gasteiger charge is 2.25. The van der Waals surface area contributed by atoms with Crippen LogP contribution in [0, 0.1) is 10.1 Å². The van der Waals surface area contributed by atoms with Crippen molar-refractivity contribution < 1.29 is 9.72 Å². The molecule has 1 heterocycles. The van der Waals surface area contributed by atoms with E-state index in [4.69, 9.17) is 0 Å². The molecule has 1 atom stereocenters. The van der Waals surface area contributed by atoms with Crippen molar-refractivity contribution >= 4 is 17.3 Å². The van der Waals surface area contributed by atoms with Crippen LogP contribution in [0.25, 0.3) is 0 Å². The molecule has 3 rings (SSSR count). The molecule has 0 spiro atoms. The van der Waals surface area contributed by atoms with Gasteiger partial charge in [-0.2, -0.15) is 0 Å². The Kier molecular flexibility index (Phi) is 6.60. The third kappa shape index (κ3) is 5.07. The van der Waals surface area contributed by atoms with E-state index in [1.54, 1.807) is 17.0 Å². The standard InChI is InChI=1S/C21H26N4O3/c1-23(21(26)15-22-18-9-11-19(12-10-18)25(27)28)20(16-24-13-5-6-14-24)17-7-3-2-4-8-17/h2-4,7-12,20,22H,5-6,13-16H2,1H3. The lowest BCUT2D eigenvalue weighted by molar-refractivity contribution is -0.384. The number of nitrogens with zero attached hydrogens (tertiary/aromatic N) is 3. The highest BCUT2D eigenvalue weighted by atomic mass is 16.6. The molecule has 2 aromatic rings. The summed E-state index contributed by atoms with van der Waals surface area (Å²) in [5.41, 5.74) is 1.84. The summed E-state index contributed by atoms with van der Waals surface area (Å²) < 4.78 is 0. The molecule has 1 amide bonds. The van der Waals surface area contributed by atoms with Crippen LogP contribution >= 0.6 is 0 Å². The fourth-order valence-corrected chi connectivity index (χ4v) is 3.51. The molecule has 0 aliphatic carbocycles. The first-order chi connectivity index (χ1) is 13.5. The fraction of sp³-hybridized carbons (Fsp3) is 0.381. The van der Waals surface area contributed by atoms with Crippen molar-refractivity contribution in [2.75, 3.05) is 38.5 Å². The van der Waals surface area contributed by atoms with Gasteiger partial charge in [0.15, 0.2) is 0 Å². The van der Waals surface area contributed by atoms with E-state index < -0.39 is 4.92 Å². The van der Waals surface area contributed by atoms with E-state index in [-0.39, 0.29) is 24.2 Å². The molecule has 0 saturated carbocycles. The fourth-order valence-electron chi connectivity index (χ4n) is 3.51. The smallest absolute Gasteiger partial charge is 0.269 e. The maximum absolute atomic E-state index is 12.8. The minimum Gasteiger partial charge on any atom is -0.376 e. The summed E-state index contributed by atoms with van der Waals surface area (Å²) in [5.74, 6) is -0.0218. The molecule has 0 aromatic heterocycles. The van der Waals surface area contributed by atoms with Crippen LogP contribution in [-0.2, 0) is 4.79 Å². The molecule has 1 saturated heterocycles. The van der Waals surface area contributed by atoms with Crippen LogP contribution in [0.1, 0.15) is 24.4 Å². The van der Waals surface area contributed by atoms with Crippen molar-refractivity contribution in [2.45, 2.75) is 18.9 Å². The van der Waals surface area contributed by atoms with Crippen LogP contribution in [0.4, 0.5) is 11.4 Å². The van der Waals surface area contributed by atoms with Crippen LogP contribution in [0.2, 0.25) is 0 Å². The average molecular weight is 382 g/mol. The van der Waals surface area contributed by atoms with E-state index in [1.165, 1.54) is 25.0 Å². The number of hydrogen-bond acceptors (Lipinski definition) is 5. The number of nitrogens with one attached hydrogen (secondary N) is 1. The number of amides is 1. The van der Waals surface area contributed by atoms with Crippen molar-refractivity contribution in [2.24, 2.45) is 0 Å². The number of carbonyl (C=O) groups excluding carboxylic acids is 1. The van der Waals surface area contributed by atoms with Gasteiger partial charge in [0.2, 0.25) is 5.91 Å². The Labute approximate surface area is 165 Å². The SMILES string of the molecule is CN(C(=O)CNc1ccc([N+](=O)[O-])cc1)C(CN1CCCC1)c1ccccc1. The second-order valence-corrected chi connectivity index (χ2v) is 7.10. The molecule has 1 aliphatic heterocycles. The van der Waals surface area contributed by atoms with Crippen molar-refractivity contribution in [3.63, 3.8) is 0 Å². The Morgan fingerprint density at radius 1 is 1.14 bits per heavy atom. The Balaban J connectivity index is 1.64. The number of hydrogen-bond donors (Lipinski definition) is 1. The van der Waals surface area contributed by atoms with Gasteiger partial charge in [-0.3, -0.25) is 14.9 Å². The van der Waals surface area contributed by atoms with E-state index in [2.05, 4.69) is 22.3 Å². The number of nitro groups is 1. The molecule has 1 unspecified atom stereocenters. The number of carbonyl (C=O) groups is 1. The van der Waals surface area contributed by atoms with Crippen LogP contribution in [0.5, 0.6) is 0 Å². The predicted octanol–water partition coefficient (Wildman–Crippen LogP) is 3.30. The molecular formula is C21H26N4O3. The minimum absolute atomic E-state index is 0.00883. The van der Waals surface area contributed by atoms with E-state index >= 15 is 0 Å². The zero-order valence-corrected chi connectivity index (χ0v) is 16.1. The van der Waals surface area contributed by atoms with Crippen molar-refractivity contribution in [3.05, 3.63) is 70.3 Å². The van der Waals surface area contributed by atoms with Gasteiger partial charge in [0.25, 0.3) is 5.69 Å². The minimum atomic E-state index is -0.439. The molecule has 148 valence electrons. The van der Waals surface area contributed by atoms with Gasteiger partial charge in [0.1, 0.15) is 0 Å². The number of nitro benzene ring substituents is 1. The lowest BCUT2D eigenvalue weighted by Gasteiger charge is -2.32. The van der Waals surface area contributed by atoms with E-state index in [9.17, 15) is 14.9 Å². The highest BCUT2D eigenvalue weighted by molar-refractivity contribution is 5.81. The quantitative estimate of drug-likeness (QED) is 0.560. The summed E-state index contributed by atoms with van der Waals surface area (Å²) in [5, 5.41) is 13.8. The van der Waals surface area contributed by atoms with Crippen molar-refractivity contribution in [3.8, 4) is 0 Å². The van der Waals surface area contributed by atoms with Gasteiger partial charge in [0, 0.05) is 31.4 Å². The lowest BCUT2D eigenvalue weighted by Crippen LogP contribution is -2.40. The average Bonchev–Trinajstić information content (AvgIpc) is 3.24. The van der Waals surface area contributed by atoms with Crippen LogP contribution < -0.4 is 5.32 Å². The van der Waals surface area contributed by atoms with Crippen molar-refractivity contribution in [1.82, 2.24) is 9.80 Å². The highest BCUT2D eigenvalue weighted by Crippen LogP contribution is 2.23. The molecule has 7 nitrogen and oxygen atoms in total. The first kappa shape index (κ1) is 19.8. The second-order valence-electron chi connectivity index (χ2n) is 7.10.